The number of hydrogen-bond donors (Lipinski definition) is 1. The van der Waals surface area contributed by atoms with E-state index >= 15 is 0 Å². The number of hydrogen-bond acceptors (Lipinski definition) is 5. The van der Waals surface area contributed by atoms with Gasteiger partial charge in [0.2, 0.25) is 11.8 Å². The first-order valence-corrected chi connectivity index (χ1v) is 4.68. The maximum Gasteiger partial charge on any atom is 0.240 e. The van der Waals surface area contributed by atoms with E-state index in [0.29, 0.717) is 23.2 Å². The minimum Gasteiger partial charge on any atom is -0.479 e. The van der Waals surface area contributed by atoms with Crippen LogP contribution in [0.3, 0.4) is 0 Å². The molecule has 0 radical (unpaired) electrons. The third kappa shape index (κ3) is 2.20. The van der Waals surface area contributed by atoms with Crippen LogP contribution in [0.2, 0.25) is 0 Å². The summed E-state index contributed by atoms with van der Waals surface area (Å²) in [6.45, 7) is 0. The molecular weight excluding hydrogens is 206 g/mol. The van der Waals surface area contributed by atoms with E-state index in [2.05, 4.69) is 9.97 Å². The first-order chi connectivity index (χ1) is 7.79. The van der Waals surface area contributed by atoms with E-state index in [0.717, 1.165) is 0 Å². The van der Waals surface area contributed by atoms with Crippen LogP contribution in [-0.4, -0.2) is 17.1 Å². The third-order valence-electron chi connectivity index (χ3n) is 1.91. The van der Waals surface area contributed by atoms with E-state index in [9.17, 15) is 0 Å². The van der Waals surface area contributed by atoms with Crippen LogP contribution in [0.25, 0.3) is 0 Å². The standard InChI is InChI=1S/C11H11N3O2/c1-15-11-9(12)4-5-10(14-11)16-8-3-2-6-13-7-8/h2-7H,12H2,1H3. The Balaban J connectivity index is 2.22. The van der Waals surface area contributed by atoms with E-state index in [4.69, 9.17) is 15.2 Å². The summed E-state index contributed by atoms with van der Waals surface area (Å²) in [5.41, 5.74) is 6.11. The highest BCUT2D eigenvalue weighted by Gasteiger charge is 2.04. The monoisotopic (exact) mass is 217 g/mol. The van der Waals surface area contributed by atoms with Crippen molar-refractivity contribution in [2.45, 2.75) is 0 Å². The second-order valence-corrected chi connectivity index (χ2v) is 3.04. The molecule has 2 aromatic rings. The number of aromatic nitrogens is 2. The average molecular weight is 217 g/mol. The Morgan fingerprint density at radius 1 is 1.25 bits per heavy atom. The van der Waals surface area contributed by atoms with Gasteiger partial charge in [-0.05, 0) is 18.2 Å². The molecule has 0 fully saturated rings. The molecule has 0 aliphatic heterocycles. The van der Waals surface area contributed by atoms with Crippen molar-refractivity contribution in [3.05, 3.63) is 36.7 Å². The van der Waals surface area contributed by atoms with Gasteiger partial charge in [-0.2, -0.15) is 4.98 Å². The van der Waals surface area contributed by atoms with Crippen molar-refractivity contribution < 1.29 is 9.47 Å². The van der Waals surface area contributed by atoms with Gasteiger partial charge < -0.3 is 15.2 Å². The maximum atomic E-state index is 5.64. The molecule has 2 aromatic heterocycles. The van der Waals surface area contributed by atoms with E-state index in [1.165, 1.54) is 7.11 Å². The summed E-state index contributed by atoms with van der Waals surface area (Å²) in [5.74, 6) is 1.38. The number of rotatable bonds is 3. The third-order valence-corrected chi connectivity index (χ3v) is 1.91. The minimum absolute atomic E-state index is 0.349. The Labute approximate surface area is 92.9 Å². The van der Waals surface area contributed by atoms with Crippen molar-refractivity contribution in [3.8, 4) is 17.5 Å². The molecule has 0 aliphatic rings. The second kappa shape index (κ2) is 4.48. The van der Waals surface area contributed by atoms with Gasteiger partial charge in [-0.3, -0.25) is 4.98 Å². The molecule has 82 valence electrons. The fourth-order valence-corrected chi connectivity index (χ4v) is 1.18. The molecule has 16 heavy (non-hydrogen) atoms. The largest absolute Gasteiger partial charge is 0.479 e. The summed E-state index contributed by atoms with van der Waals surface area (Å²) in [7, 11) is 1.51. The predicted octanol–water partition coefficient (Wildman–Crippen LogP) is 1.86. The molecule has 5 heteroatoms. The van der Waals surface area contributed by atoms with E-state index in [1.807, 2.05) is 0 Å². The number of nitrogen functional groups attached to an aromatic ring is 1. The average Bonchev–Trinajstić information content (AvgIpc) is 2.33. The first-order valence-electron chi connectivity index (χ1n) is 4.68. The van der Waals surface area contributed by atoms with Gasteiger partial charge in [0.15, 0.2) is 0 Å². The van der Waals surface area contributed by atoms with Gasteiger partial charge in [-0.15, -0.1) is 0 Å². The van der Waals surface area contributed by atoms with Crippen LogP contribution >= 0.6 is 0 Å². The maximum absolute atomic E-state index is 5.64. The summed E-state index contributed by atoms with van der Waals surface area (Å²) in [4.78, 5) is 8.02. The van der Waals surface area contributed by atoms with Crippen LogP contribution in [0.1, 0.15) is 0 Å². The Kier molecular flexibility index (Phi) is 2.86. The molecule has 2 N–H and O–H groups in total. The van der Waals surface area contributed by atoms with Crippen LogP contribution < -0.4 is 15.2 Å². The van der Waals surface area contributed by atoms with Crippen LogP contribution in [0.15, 0.2) is 36.7 Å². The highest BCUT2D eigenvalue weighted by molar-refractivity contribution is 5.49. The van der Waals surface area contributed by atoms with Gasteiger partial charge in [0.05, 0.1) is 19.0 Å². The highest BCUT2D eigenvalue weighted by atomic mass is 16.5. The van der Waals surface area contributed by atoms with Gasteiger partial charge >= 0.3 is 0 Å². The van der Waals surface area contributed by atoms with Gasteiger partial charge in [0.25, 0.3) is 0 Å². The number of nitrogens with zero attached hydrogens (tertiary/aromatic N) is 2. The van der Waals surface area contributed by atoms with E-state index in [-0.39, 0.29) is 0 Å². The van der Waals surface area contributed by atoms with Crippen LogP contribution in [0.4, 0.5) is 5.69 Å². The molecule has 0 saturated heterocycles. The Bertz CT molecular complexity index is 474. The molecule has 0 atom stereocenters. The Morgan fingerprint density at radius 3 is 2.81 bits per heavy atom. The minimum atomic E-state index is 0.349. The lowest BCUT2D eigenvalue weighted by Crippen LogP contribution is -1.97. The zero-order valence-corrected chi connectivity index (χ0v) is 8.75. The molecule has 0 unspecified atom stereocenters. The molecule has 0 spiro atoms. The molecule has 0 aromatic carbocycles. The molecule has 0 amide bonds. The van der Waals surface area contributed by atoms with Crippen molar-refractivity contribution in [3.63, 3.8) is 0 Å². The summed E-state index contributed by atoms with van der Waals surface area (Å²) < 4.78 is 10.5. The summed E-state index contributed by atoms with van der Waals surface area (Å²) in [6.07, 6.45) is 3.27. The van der Waals surface area contributed by atoms with Crippen molar-refractivity contribution >= 4 is 5.69 Å². The highest BCUT2D eigenvalue weighted by Crippen LogP contribution is 2.24. The Hall–Kier alpha value is -2.30. The normalized spacial score (nSPS) is 9.81. The van der Waals surface area contributed by atoms with E-state index in [1.54, 1.807) is 36.7 Å². The molecular formula is C11H11N3O2. The zero-order valence-electron chi connectivity index (χ0n) is 8.75. The van der Waals surface area contributed by atoms with Crippen molar-refractivity contribution in [2.24, 2.45) is 0 Å². The number of methoxy groups -OCH3 is 1. The van der Waals surface area contributed by atoms with Crippen LogP contribution in [0.5, 0.6) is 17.5 Å². The lowest BCUT2D eigenvalue weighted by atomic mass is 10.4. The Morgan fingerprint density at radius 2 is 2.12 bits per heavy atom. The molecule has 2 heterocycles. The molecule has 0 aliphatic carbocycles. The van der Waals surface area contributed by atoms with E-state index < -0.39 is 0 Å². The predicted molar refractivity (Wildman–Crippen MR) is 59.5 cm³/mol. The SMILES string of the molecule is COc1nc(Oc2cccnc2)ccc1N. The fourth-order valence-electron chi connectivity index (χ4n) is 1.18. The molecule has 5 nitrogen and oxygen atoms in total. The van der Waals surface area contributed by atoms with Crippen molar-refractivity contribution in [1.29, 1.82) is 0 Å². The number of nitrogens with two attached hydrogens (primary N) is 1. The van der Waals surface area contributed by atoms with Crippen LogP contribution in [-0.2, 0) is 0 Å². The lowest BCUT2D eigenvalue weighted by Gasteiger charge is -2.07. The van der Waals surface area contributed by atoms with Gasteiger partial charge in [0.1, 0.15) is 5.75 Å². The van der Waals surface area contributed by atoms with Gasteiger partial charge in [-0.25, -0.2) is 0 Å². The van der Waals surface area contributed by atoms with Gasteiger partial charge in [0, 0.05) is 12.3 Å². The molecule has 2 rings (SSSR count). The smallest absolute Gasteiger partial charge is 0.240 e. The van der Waals surface area contributed by atoms with Crippen LogP contribution in [0, 0.1) is 0 Å². The molecule has 0 saturated carbocycles. The zero-order chi connectivity index (χ0) is 11.4. The number of pyridine rings is 2. The topological polar surface area (TPSA) is 70.3 Å². The summed E-state index contributed by atoms with van der Waals surface area (Å²) in [5, 5.41) is 0. The number of ether oxygens (including phenoxy) is 2. The van der Waals surface area contributed by atoms with Crippen molar-refractivity contribution in [1.82, 2.24) is 9.97 Å². The lowest BCUT2D eigenvalue weighted by molar-refractivity contribution is 0.385. The quantitative estimate of drug-likeness (QED) is 0.849. The second-order valence-electron chi connectivity index (χ2n) is 3.04. The number of anilines is 1. The summed E-state index contributed by atoms with van der Waals surface area (Å²) >= 11 is 0. The first kappa shape index (κ1) is 10.2. The fraction of sp³-hybridized carbons (Fsp3) is 0.0909. The summed E-state index contributed by atoms with van der Waals surface area (Å²) in [6, 6.07) is 6.92. The van der Waals surface area contributed by atoms with Gasteiger partial charge in [-0.1, -0.05) is 0 Å². The molecule has 0 bridgehead atoms. The van der Waals surface area contributed by atoms with Crippen molar-refractivity contribution in [2.75, 3.05) is 12.8 Å².